The molecule has 1 aromatic carbocycles. The Bertz CT molecular complexity index is 366. The Kier molecular flexibility index (Phi) is 1.60. The van der Waals surface area contributed by atoms with Gasteiger partial charge in [0.15, 0.2) is 0 Å². The molecule has 1 aromatic rings. The van der Waals surface area contributed by atoms with Gasteiger partial charge in [0, 0.05) is 0 Å². The van der Waals surface area contributed by atoms with Crippen LogP contribution in [0.25, 0.3) is 0 Å². The molecule has 74 valence electrons. The van der Waals surface area contributed by atoms with E-state index >= 15 is 0 Å². The Morgan fingerprint density at radius 2 is 2.07 bits per heavy atom. The van der Waals surface area contributed by atoms with Gasteiger partial charge in [-0.3, -0.25) is 0 Å². The Labute approximate surface area is 86.3 Å². The van der Waals surface area contributed by atoms with E-state index in [1.165, 1.54) is 19.3 Å². The van der Waals surface area contributed by atoms with Crippen LogP contribution >= 0.6 is 0 Å². The van der Waals surface area contributed by atoms with Gasteiger partial charge in [-0.25, -0.2) is 0 Å². The molecule has 0 radical (unpaired) electrons. The summed E-state index contributed by atoms with van der Waals surface area (Å²) in [6, 6.07) is 9.08. The SMILES string of the molecule is C[C@@H]1[C@H]2CC[C@]1(C)c1ccccc1C2. The summed E-state index contributed by atoms with van der Waals surface area (Å²) in [7, 11) is 0. The molecule has 3 rings (SSSR count). The zero-order valence-corrected chi connectivity index (χ0v) is 9.09. The van der Waals surface area contributed by atoms with Crippen molar-refractivity contribution >= 4 is 0 Å². The summed E-state index contributed by atoms with van der Waals surface area (Å²) in [5, 5.41) is 0. The third-order valence-corrected chi connectivity index (χ3v) is 4.86. The average molecular weight is 186 g/mol. The molecule has 0 aromatic heterocycles. The molecule has 0 heteroatoms. The van der Waals surface area contributed by atoms with Crippen LogP contribution in [0.15, 0.2) is 24.3 Å². The first kappa shape index (κ1) is 8.52. The third kappa shape index (κ3) is 0.893. The molecule has 1 fully saturated rings. The molecule has 0 unspecified atom stereocenters. The van der Waals surface area contributed by atoms with Crippen LogP contribution in [0.5, 0.6) is 0 Å². The molecular formula is C14H18. The highest BCUT2D eigenvalue weighted by Crippen LogP contribution is 2.54. The maximum absolute atomic E-state index is 2.47. The quantitative estimate of drug-likeness (QED) is 0.581. The number of rotatable bonds is 0. The van der Waals surface area contributed by atoms with Gasteiger partial charge in [-0.2, -0.15) is 0 Å². The van der Waals surface area contributed by atoms with Crippen molar-refractivity contribution in [3.05, 3.63) is 35.4 Å². The largest absolute Gasteiger partial charge is 0.0620 e. The van der Waals surface area contributed by atoms with Crippen LogP contribution < -0.4 is 0 Å². The van der Waals surface area contributed by atoms with Crippen LogP contribution in [0.1, 0.15) is 37.8 Å². The molecule has 0 spiro atoms. The molecule has 0 saturated heterocycles. The minimum Gasteiger partial charge on any atom is -0.0620 e. The van der Waals surface area contributed by atoms with Gasteiger partial charge in [0.25, 0.3) is 0 Å². The molecule has 0 N–H and O–H groups in total. The van der Waals surface area contributed by atoms with E-state index in [0.29, 0.717) is 5.41 Å². The molecule has 1 saturated carbocycles. The second-order valence-electron chi connectivity index (χ2n) is 5.37. The van der Waals surface area contributed by atoms with E-state index in [2.05, 4.69) is 38.1 Å². The van der Waals surface area contributed by atoms with Gasteiger partial charge in [0.05, 0.1) is 0 Å². The van der Waals surface area contributed by atoms with Crippen LogP contribution in [0.3, 0.4) is 0 Å². The molecule has 0 amide bonds. The van der Waals surface area contributed by atoms with Crippen LogP contribution in [-0.2, 0) is 11.8 Å². The van der Waals surface area contributed by atoms with E-state index in [-0.39, 0.29) is 0 Å². The maximum atomic E-state index is 2.47. The molecule has 0 aliphatic heterocycles. The van der Waals surface area contributed by atoms with E-state index < -0.39 is 0 Å². The molecule has 0 nitrogen and oxygen atoms in total. The Morgan fingerprint density at radius 3 is 2.93 bits per heavy atom. The van der Waals surface area contributed by atoms with Crippen molar-refractivity contribution in [2.75, 3.05) is 0 Å². The van der Waals surface area contributed by atoms with Crippen molar-refractivity contribution in [3.8, 4) is 0 Å². The van der Waals surface area contributed by atoms with Gasteiger partial charge < -0.3 is 0 Å². The molecule has 2 bridgehead atoms. The Balaban J connectivity index is 2.20. The van der Waals surface area contributed by atoms with Gasteiger partial charge in [-0.05, 0) is 47.6 Å². The molecule has 2 aliphatic carbocycles. The van der Waals surface area contributed by atoms with Crippen molar-refractivity contribution < 1.29 is 0 Å². The minimum atomic E-state index is 0.486. The van der Waals surface area contributed by atoms with E-state index in [9.17, 15) is 0 Å². The third-order valence-electron chi connectivity index (χ3n) is 4.86. The monoisotopic (exact) mass is 186 g/mol. The van der Waals surface area contributed by atoms with Crippen LogP contribution in [0.4, 0.5) is 0 Å². The van der Waals surface area contributed by atoms with E-state index in [4.69, 9.17) is 0 Å². The number of fused-ring (bicyclic) bond motifs is 4. The number of hydrogen-bond donors (Lipinski definition) is 0. The maximum Gasteiger partial charge on any atom is -0.00441 e. The predicted octanol–water partition coefficient (Wildman–Crippen LogP) is 3.55. The van der Waals surface area contributed by atoms with Crippen LogP contribution in [-0.4, -0.2) is 0 Å². The van der Waals surface area contributed by atoms with Crippen molar-refractivity contribution in [1.82, 2.24) is 0 Å². The first-order valence-electron chi connectivity index (χ1n) is 5.80. The highest BCUT2D eigenvalue weighted by molar-refractivity contribution is 5.39. The van der Waals surface area contributed by atoms with Crippen molar-refractivity contribution in [2.24, 2.45) is 11.8 Å². The Hall–Kier alpha value is -0.780. The van der Waals surface area contributed by atoms with Crippen molar-refractivity contribution in [1.29, 1.82) is 0 Å². The normalized spacial score (nSPS) is 39.6. The lowest BCUT2D eigenvalue weighted by molar-refractivity contribution is 0.282. The summed E-state index contributed by atoms with van der Waals surface area (Å²) >= 11 is 0. The fourth-order valence-corrected chi connectivity index (χ4v) is 3.68. The highest BCUT2D eigenvalue weighted by atomic mass is 14.5. The van der Waals surface area contributed by atoms with Gasteiger partial charge in [0.1, 0.15) is 0 Å². The molecule has 14 heavy (non-hydrogen) atoms. The Morgan fingerprint density at radius 1 is 1.29 bits per heavy atom. The molecular weight excluding hydrogens is 168 g/mol. The van der Waals surface area contributed by atoms with E-state index in [1.54, 1.807) is 11.1 Å². The summed E-state index contributed by atoms with van der Waals surface area (Å²) < 4.78 is 0. The van der Waals surface area contributed by atoms with Gasteiger partial charge in [-0.15, -0.1) is 0 Å². The van der Waals surface area contributed by atoms with Gasteiger partial charge in [0.2, 0.25) is 0 Å². The predicted molar refractivity (Wildman–Crippen MR) is 59.4 cm³/mol. The summed E-state index contributed by atoms with van der Waals surface area (Å²) in [4.78, 5) is 0. The number of hydrogen-bond acceptors (Lipinski definition) is 0. The van der Waals surface area contributed by atoms with Crippen LogP contribution in [0.2, 0.25) is 0 Å². The standard InChI is InChI=1S/C14H18/c1-10-11-7-8-14(10,2)13-6-4-3-5-12(13)9-11/h3-6,10-11H,7-9H2,1-2H3/t10-,11+,14+/m1/s1. The fourth-order valence-electron chi connectivity index (χ4n) is 3.68. The summed E-state index contributed by atoms with van der Waals surface area (Å²) in [5.41, 5.74) is 3.75. The minimum absolute atomic E-state index is 0.486. The van der Waals surface area contributed by atoms with E-state index in [1.807, 2.05) is 0 Å². The highest BCUT2D eigenvalue weighted by Gasteiger charge is 2.47. The molecule has 0 heterocycles. The lowest BCUT2D eigenvalue weighted by Crippen LogP contribution is -2.33. The molecule has 2 aliphatic rings. The lowest BCUT2D eigenvalue weighted by atomic mass is 9.66. The first-order chi connectivity index (χ1) is 6.72. The first-order valence-corrected chi connectivity index (χ1v) is 5.80. The van der Waals surface area contributed by atoms with Crippen LogP contribution in [0, 0.1) is 11.8 Å². The average Bonchev–Trinajstić information content (AvgIpc) is 2.42. The zero-order valence-electron chi connectivity index (χ0n) is 9.09. The van der Waals surface area contributed by atoms with Gasteiger partial charge in [-0.1, -0.05) is 38.1 Å². The zero-order chi connectivity index (χ0) is 9.76. The second-order valence-corrected chi connectivity index (χ2v) is 5.37. The summed E-state index contributed by atoms with van der Waals surface area (Å²) in [6.07, 6.45) is 4.16. The topological polar surface area (TPSA) is 0 Å². The number of benzene rings is 1. The van der Waals surface area contributed by atoms with Crippen molar-refractivity contribution in [2.45, 2.75) is 38.5 Å². The fraction of sp³-hybridized carbons (Fsp3) is 0.571. The molecule has 3 atom stereocenters. The van der Waals surface area contributed by atoms with Crippen molar-refractivity contribution in [3.63, 3.8) is 0 Å². The lowest BCUT2D eigenvalue weighted by Gasteiger charge is -2.38. The smallest absolute Gasteiger partial charge is 0.00441 e. The summed E-state index contributed by atoms with van der Waals surface area (Å²) in [5.74, 6) is 1.84. The summed E-state index contributed by atoms with van der Waals surface area (Å²) in [6.45, 7) is 4.92. The van der Waals surface area contributed by atoms with Gasteiger partial charge >= 0.3 is 0 Å². The van der Waals surface area contributed by atoms with E-state index in [0.717, 1.165) is 11.8 Å². The second kappa shape index (κ2) is 2.62.